The van der Waals surface area contributed by atoms with Crippen LogP contribution in [0.4, 0.5) is 5.69 Å². The number of nitrogens with zero attached hydrogens (tertiary/aromatic N) is 2. The van der Waals surface area contributed by atoms with Gasteiger partial charge in [-0.15, -0.1) is 0 Å². The van der Waals surface area contributed by atoms with Crippen LogP contribution in [-0.4, -0.2) is 40.0 Å². The average Bonchev–Trinajstić information content (AvgIpc) is 3.15. The Balaban J connectivity index is 1.74. The van der Waals surface area contributed by atoms with Crippen molar-refractivity contribution in [1.82, 2.24) is 15.1 Å². The molecule has 0 fully saturated rings. The van der Waals surface area contributed by atoms with Gasteiger partial charge in [0.25, 0.3) is 0 Å². The summed E-state index contributed by atoms with van der Waals surface area (Å²) < 4.78 is 6.87. The summed E-state index contributed by atoms with van der Waals surface area (Å²) in [4.78, 5) is 11.5. The first-order valence-corrected chi connectivity index (χ1v) is 7.36. The van der Waals surface area contributed by atoms with Crippen LogP contribution in [0.5, 0.6) is 0 Å². The number of aryl methyl sites for hydroxylation is 1. The first-order valence-electron chi connectivity index (χ1n) is 7.36. The molecule has 2 aromatic rings. The molecule has 22 heavy (non-hydrogen) atoms. The second-order valence-electron chi connectivity index (χ2n) is 5.16. The summed E-state index contributed by atoms with van der Waals surface area (Å²) in [5.74, 6) is 0.805. The molecule has 2 rings (SSSR count). The van der Waals surface area contributed by atoms with Gasteiger partial charge >= 0.3 is 0 Å². The van der Waals surface area contributed by atoms with E-state index < -0.39 is 0 Å². The van der Waals surface area contributed by atoms with Crippen molar-refractivity contribution in [2.75, 3.05) is 18.5 Å². The molecule has 0 aliphatic rings. The second-order valence-corrected chi connectivity index (χ2v) is 5.16. The van der Waals surface area contributed by atoms with E-state index in [9.17, 15) is 4.79 Å². The molecule has 3 N–H and O–H groups in total. The number of aromatic nitrogens is 2. The minimum Gasteiger partial charge on any atom is -0.469 e. The van der Waals surface area contributed by atoms with Gasteiger partial charge in [-0.25, -0.2) is 0 Å². The van der Waals surface area contributed by atoms with Gasteiger partial charge < -0.3 is 20.2 Å². The zero-order chi connectivity index (χ0) is 15.8. The molecule has 7 heteroatoms. The number of amides is 1. The molecule has 120 valence electrons. The molecule has 1 atom stereocenters. The number of aliphatic hydroxyl groups excluding tert-OH is 1. The number of aliphatic hydroxyl groups is 1. The normalized spacial score (nSPS) is 12.1. The molecule has 0 radical (unpaired) electrons. The standard InChI is InChI=1S/C15H22N4O3/c1-12(4-5-14-3-2-8-22-14)18-13-9-17-19(10-13)11-15(21)16-6-7-20/h2-3,8-10,12,18,20H,4-7,11H2,1H3,(H,16,21). The van der Waals surface area contributed by atoms with Gasteiger partial charge in [0.05, 0.1) is 24.8 Å². The molecule has 1 amide bonds. The number of hydrogen-bond acceptors (Lipinski definition) is 5. The Hall–Kier alpha value is -2.28. The third-order valence-electron chi connectivity index (χ3n) is 3.19. The van der Waals surface area contributed by atoms with Crippen molar-refractivity contribution in [3.8, 4) is 0 Å². The van der Waals surface area contributed by atoms with E-state index in [-0.39, 0.29) is 31.6 Å². The van der Waals surface area contributed by atoms with E-state index in [2.05, 4.69) is 22.7 Å². The van der Waals surface area contributed by atoms with Crippen molar-refractivity contribution in [2.24, 2.45) is 0 Å². The Bertz CT molecular complexity index is 565. The van der Waals surface area contributed by atoms with Crippen molar-refractivity contribution in [1.29, 1.82) is 0 Å². The van der Waals surface area contributed by atoms with Crippen LogP contribution in [-0.2, 0) is 17.8 Å². The second kappa shape index (κ2) is 8.23. The van der Waals surface area contributed by atoms with Crippen LogP contribution < -0.4 is 10.6 Å². The van der Waals surface area contributed by atoms with Gasteiger partial charge in [0.15, 0.2) is 0 Å². The van der Waals surface area contributed by atoms with E-state index in [0.29, 0.717) is 0 Å². The number of furan rings is 1. The summed E-state index contributed by atoms with van der Waals surface area (Å²) in [6.07, 6.45) is 6.98. The minimum absolute atomic E-state index is 0.0646. The summed E-state index contributed by atoms with van der Waals surface area (Å²) in [5, 5.41) is 18.7. The van der Waals surface area contributed by atoms with Crippen LogP contribution in [0.2, 0.25) is 0 Å². The lowest BCUT2D eigenvalue weighted by molar-refractivity contribution is -0.122. The summed E-state index contributed by atoms with van der Waals surface area (Å²) in [6, 6.07) is 4.13. The average molecular weight is 306 g/mol. The SMILES string of the molecule is CC(CCc1ccco1)Nc1cnn(CC(=O)NCCO)c1. The van der Waals surface area contributed by atoms with Crippen molar-refractivity contribution >= 4 is 11.6 Å². The van der Waals surface area contributed by atoms with Gasteiger partial charge in [-0.05, 0) is 25.5 Å². The van der Waals surface area contributed by atoms with E-state index in [0.717, 1.165) is 24.3 Å². The number of rotatable bonds is 9. The zero-order valence-electron chi connectivity index (χ0n) is 12.7. The maximum atomic E-state index is 11.5. The van der Waals surface area contributed by atoms with E-state index in [1.165, 1.54) is 0 Å². The van der Waals surface area contributed by atoms with Gasteiger partial charge in [-0.3, -0.25) is 9.48 Å². The molecule has 1 unspecified atom stereocenters. The highest BCUT2D eigenvalue weighted by Crippen LogP contribution is 2.11. The molecular weight excluding hydrogens is 284 g/mol. The van der Waals surface area contributed by atoms with Crippen molar-refractivity contribution in [3.63, 3.8) is 0 Å². The molecule has 2 heterocycles. The highest BCUT2D eigenvalue weighted by atomic mass is 16.3. The summed E-state index contributed by atoms with van der Waals surface area (Å²) in [6.45, 7) is 2.43. The van der Waals surface area contributed by atoms with Crippen LogP contribution in [0.25, 0.3) is 0 Å². The van der Waals surface area contributed by atoms with E-state index in [4.69, 9.17) is 9.52 Å². The first kappa shape index (κ1) is 16.1. The Morgan fingerprint density at radius 1 is 1.55 bits per heavy atom. The molecule has 0 saturated carbocycles. The van der Waals surface area contributed by atoms with Crippen molar-refractivity contribution in [3.05, 3.63) is 36.5 Å². The summed E-state index contributed by atoms with van der Waals surface area (Å²) >= 11 is 0. The molecular formula is C15H22N4O3. The van der Waals surface area contributed by atoms with E-state index in [1.54, 1.807) is 23.3 Å². The number of hydrogen-bond donors (Lipinski definition) is 3. The van der Waals surface area contributed by atoms with Gasteiger partial charge in [0.2, 0.25) is 5.91 Å². The molecule has 0 spiro atoms. The smallest absolute Gasteiger partial charge is 0.241 e. The van der Waals surface area contributed by atoms with Gasteiger partial charge in [0, 0.05) is 25.2 Å². The molecule has 0 saturated heterocycles. The fourth-order valence-electron chi connectivity index (χ4n) is 2.09. The molecule has 7 nitrogen and oxygen atoms in total. The molecule has 0 bridgehead atoms. The highest BCUT2D eigenvalue weighted by Gasteiger charge is 2.07. The van der Waals surface area contributed by atoms with Crippen LogP contribution in [0, 0.1) is 0 Å². The topological polar surface area (TPSA) is 92.3 Å². The molecule has 2 aromatic heterocycles. The lowest BCUT2D eigenvalue weighted by Gasteiger charge is -2.12. The van der Waals surface area contributed by atoms with Gasteiger partial charge in [0.1, 0.15) is 12.3 Å². The third-order valence-corrected chi connectivity index (χ3v) is 3.19. The monoisotopic (exact) mass is 306 g/mol. The maximum absolute atomic E-state index is 11.5. The predicted molar refractivity (Wildman–Crippen MR) is 82.4 cm³/mol. The fourth-order valence-corrected chi connectivity index (χ4v) is 2.09. The Kier molecular flexibility index (Phi) is 6.02. The van der Waals surface area contributed by atoms with E-state index >= 15 is 0 Å². The zero-order valence-corrected chi connectivity index (χ0v) is 12.7. The molecule has 0 aliphatic heterocycles. The maximum Gasteiger partial charge on any atom is 0.241 e. The minimum atomic E-state index is -0.172. The number of anilines is 1. The van der Waals surface area contributed by atoms with Crippen LogP contribution in [0.15, 0.2) is 35.2 Å². The lowest BCUT2D eigenvalue weighted by atomic mass is 10.1. The Morgan fingerprint density at radius 3 is 3.14 bits per heavy atom. The van der Waals surface area contributed by atoms with Crippen molar-refractivity contribution < 1.29 is 14.3 Å². The lowest BCUT2D eigenvalue weighted by Crippen LogP contribution is -2.30. The van der Waals surface area contributed by atoms with Crippen LogP contribution >= 0.6 is 0 Å². The fraction of sp³-hybridized carbons (Fsp3) is 0.467. The Labute approximate surface area is 129 Å². The van der Waals surface area contributed by atoms with Gasteiger partial charge in [-0.1, -0.05) is 0 Å². The van der Waals surface area contributed by atoms with Crippen molar-refractivity contribution in [2.45, 2.75) is 32.4 Å². The quantitative estimate of drug-likeness (QED) is 0.643. The summed E-state index contributed by atoms with van der Waals surface area (Å²) in [7, 11) is 0. The first-order chi connectivity index (χ1) is 10.7. The van der Waals surface area contributed by atoms with Gasteiger partial charge in [-0.2, -0.15) is 5.10 Å². The predicted octanol–water partition coefficient (Wildman–Crippen LogP) is 1.02. The Morgan fingerprint density at radius 2 is 2.41 bits per heavy atom. The van der Waals surface area contributed by atoms with Crippen LogP contribution in [0.1, 0.15) is 19.1 Å². The van der Waals surface area contributed by atoms with E-state index in [1.807, 2.05) is 12.1 Å². The summed E-state index contributed by atoms with van der Waals surface area (Å²) in [5.41, 5.74) is 0.877. The number of carbonyl (C=O) groups excluding carboxylic acids is 1. The largest absolute Gasteiger partial charge is 0.469 e. The third kappa shape index (κ3) is 5.25. The van der Waals surface area contributed by atoms with Crippen LogP contribution in [0.3, 0.4) is 0 Å². The molecule has 0 aromatic carbocycles. The highest BCUT2D eigenvalue weighted by molar-refractivity contribution is 5.75. The number of nitrogens with one attached hydrogen (secondary N) is 2. The molecule has 0 aliphatic carbocycles. The number of carbonyl (C=O) groups is 1.